The van der Waals surface area contributed by atoms with Crippen LogP contribution in [0.15, 0.2) is 0 Å². The summed E-state index contributed by atoms with van der Waals surface area (Å²) in [5.74, 6) is -0.850. The lowest BCUT2D eigenvalue weighted by Crippen LogP contribution is -2.54. The number of carbonyl (C=O) groups excluding carboxylic acids is 1. The van der Waals surface area contributed by atoms with Crippen molar-refractivity contribution in [1.29, 1.82) is 0 Å². The van der Waals surface area contributed by atoms with Gasteiger partial charge in [0.1, 0.15) is 6.04 Å². The van der Waals surface area contributed by atoms with E-state index >= 15 is 0 Å². The van der Waals surface area contributed by atoms with Crippen LogP contribution in [0.5, 0.6) is 0 Å². The SMILES string of the molecule is COC1CC(NC(=O)NC(C(=O)O)C2CC2)C1. The third kappa shape index (κ3) is 3.09. The first-order chi connectivity index (χ1) is 8.10. The lowest BCUT2D eigenvalue weighted by molar-refractivity contribution is -0.139. The summed E-state index contributed by atoms with van der Waals surface area (Å²) >= 11 is 0. The smallest absolute Gasteiger partial charge is 0.326 e. The van der Waals surface area contributed by atoms with Crippen LogP contribution in [0, 0.1) is 5.92 Å². The number of carboxylic acids is 1. The van der Waals surface area contributed by atoms with Crippen molar-refractivity contribution in [2.45, 2.75) is 43.9 Å². The van der Waals surface area contributed by atoms with Gasteiger partial charge in [0.2, 0.25) is 0 Å². The number of amides is 2. The predicted molar refractivity (Wildman–Crippen MR) is 59.6 cm³/mol. The lowest BCUT2D eigenvalue weighted by Gasteiger charge is -2.34. The van der Waals surface area contributed by atoms with Gasteiger partial charge >= 0.3 is 12.0 Å². The van der Waals surface area contributed by atoms with E-state index in [9.17, 15) is 9.59 Å². The number of aliphatic carboxylic acids is 1. The maximum atomic E-state index is 11.6. The van der Waals surface area contributed by atoms with Crippen LogP contribution in [0.3, 0.4) is 0 Å². The molecule has 96 valence electrons. The van der Waals surface area contributed by atoms with Crippen LogP contribution < -0.4 is 10.6 Å². The molecule has 1 unspecified atom stereocenters. The van der Waals surface area contributed by atoms with Gasteiger partial charge in [0.15, 0.2) is 0 Å². The zero-order valence-corrected chi connectivity index (χ0v) is 9.81. The van der Waals surface area contributed by atoms with Crippen molar-refractivity contribution < 1.29 is 19.4 Å². The predicted octanol–water partition coefficient (Wildman–Crippen LogP) is 0.326. The highest BCUT2D eigenvalue weighted by Gasteiger charge is 2.38. The number of hydrogen-bond donors (Lipinski definition) is 3. The van der Waals surface area contributed by atoms with E-state index in [0.29, 0.717) is 0 Å². The molecule has 0 heterocycles. The van der Waals surface area contributed by atoms with E-state index in [-0.39, 0.29) is 24.1 Å². The maximum absolute atomic E-state index is 11.6. The average Bonchev–Trinajstić information content (AvgIpc) is 3.02. The number of carboxylic acid groups (broad SMARTS) is 1. The third-order valence-corrected chi connectivity index (χ3v) is 3.41. The first-order valence-corrected chi connectivity index (χ1v) is 5.92. The summed E-state index contributed by atoms with van der Waals surface area (Å²) in [6, 6.07) is -1.02. The van der Waals surface area contributed by atoms with Crippen LogP contribution in [0.1, 0.15) is 25.7 Å². The number of nitrogens with one attached hydrogen (secondary N) is 2. The molecule has 3 N–H and O–H groups in total. The number of ether oxygens (including phenoxy) is 1. The largest absolute Gasteiger partial charge is 0.480 e. The first kappa shape index (κ1) is 12.2. The van der Waals surface area contributed by atoms with Gasteiger partial charge in [-0.05, 0) is 31.6 Å². The van der Waals surface area contributed by atoms with Crippen LogP contribution in [-0.2, 0) is 9.53 Å². The number of urea groups is 1. The minimum atomic E-state index is -0.953. The molecule has 2 rings (SSSR count). The van der Waals surface area contributed by atoms with Crippen molar-refractivity contribution in [2.75, 3.05) is 7.11 Å². The molecular formula is C11H18N2O4. The monoisotopic (exact) mass is 242 g/mol. The second-order valence-corrected chi connectivity index (χ2v) is 4.80. The van der Waals surface area contributed by atoms with Gasteiger partial charge in [-0.15, -0.1) is 0 Å². The van der Waals surface area contributed by atoms with Gasteiger partial charge in [0.05, 0.1) is 6.10 Å². The van der Waals surface area contributed by atoms with Gasteiger partial charge in [-0.2, -0.15) is 0 Å². The van der Waals surface area contributed by atoms with Crippen LogP contribution >= 0.6 is 0 Å². The molecule has 0 spiro atoms. The van der Waals surface area contributed by atoms with Crippen molar-refractivity contribution in [3.63, 3.8) is 0 Å². The van der Waals surface area contributed by atoms with Gasteiger partial charge < -0.3 is 20.5 Å². The lowest BCUT2D eigenvalue weighted by atomic mass is 9.89. The number of methoxy groups -OCH3 is 1. The van der Waals surface area contributed by atoms with Crippen molar-refractivity contribution in [3.8, 4) is 0 Å². The number of hydrogen-bond acceptors (Lipinski definition) is 3. The Labute approximate surface area is 99.7 Å². The highest BCUT2D eigenvalue weighted by Crippen LogP contribution is 2.32. The van der Waals surface area contributed by atoms with Crippen LogP contribution in [-0.4, -0.2) is 42.4 Å². The van der Waals surface area contributed by atoms with E-state index in [4.69, 9.17) is 9.84 Å². The summed E-state index contributed by atoms with van der Waals surface area (Å²) in [6.07, 6.45) is 3.58. The Balaban J connectivity index is 1.71. The van der Waals surface area contributed by atoms with E-state index < -0.39 is 12.0 Å². The van der Waals surface area contributed by atoms with Crippen LogP contribution in [0.2, 0.25) is 0 Å². The van der Waals surface area contributed by atoms with E-state index in [1.807, 2.05) is 0 Å². The number of rotatable bonds is 5. The van der Waals surface area contributed by atoms with Crippen molar-refractivity contribution in [1.82, 2.24) is 10.6 Å². The molecule has 0 aliphatic heterocycles. The zero-order chi connectivity index (χ0) is 12.4. The number of carbonyl (C=O) groups is 2. The molecule has 0 bridgehead atoms. The fourth-order valence-electron chi connectivity index (χ4n) is 2.06. The van der Waals surface area contributed by atoms with Crippen molar-refractivity contribution in [2.24, 2.45) is 5.92 Å². The molecule has 2 fully saturated rings. The van der Waals surface area contributed by atoms with Gasteiger partial charge in [0.25, 0.3) is 0 Å². The fourth-order valence-corrected chi connectivity index (χ4v) is 2.06. The highest BCUT2D eigenvalue weighted by atomic mass is 16.5. The summed E-state index contributed by atoms with van der Waals surface area (Å²) in [4.78, 5) is 22.5. The Morgan fingerprint density at radius 2 is 2.00 bits per heavy atom. The van der Waals surface area contributed by atoms with Crippen LogP contribution in [0.25, 0.3) is 0 Å². The fraction of sp³-hybridized carbons (Fsp3) is 0.818. The van der Waals surface area contributed by atoms with Crippen molar-refractivity contribution >= 4 is 12.0 Å². The molecule has 17 heavy (non-hydrogen) atoms. The zero-order valence-electron chi connectivity index (χ0n) is 9.81. The Bertz CT molecular complexity index is 311. The minimum absolute atomic E-state index is 0.103. The second-order valence-electron chi connectivity index (χ2n) is 4.80. The minimum Gasteiger partial charge on any atom is -0.480 e. The summed E-state index contributed by atoms with van der Waals surface area (Å²) in [7, 11) is 1.65. The molecule has 2 amide bonds. The molecule has 2 aliphatic carbocycles. The maximum Gasteiger partial charge on any atom is 0.326 e. The Morgan fingerprint density at radius 1 is 1.35 bits per heavy atom. The first-order valence-electron chi connectivity index (χ1n) is 5.92. The van der Waals surface area contributed by atoms with Gasteiger partial charge in [-0.3, -0.25) is 0 Å². The molecule has 6 nitrogen and oxygen atoms in total. The Hall–Kier alpha value is -1.30. The average molecular weight is 242 g/mol. The molecule has 0 aromatic carbocycles. The normalized spacial score (nSPS) is 29.0. The molecule has 0 saturated heterocycles. The standard InChI is InChI=1S/C11H18N2O4/c1-17-8-4-7(5-8)12-11(16)13-9(10(14)15)6-2-3-6/h6-9H,2-5H2,1H3,(H,14,15)(H2,12,13,16). The van der Waals surface area contributed by atoms with Gasteiger partial charge in [0, 0.05) is 13.2 Å². The van der Waals surface area contributed by atoms with E-state index in [2.05, 4.69) is 10.6 Å². The molecule has 0 aromatic heterocycles. The summed E-state index contributed by atoms with van der Waals surface area (Å²) < 4.78 is 5.10. The summed E-state index contributed by atoms with van der Waals surface area (Å²) in [5.41, 5.74) is 0. The topological polar surface area (TPSA) is 87.7 Å². The highest BCUT2D eigenvalue weighted by molar-refractivity contribution is 5.83. The molecule has 2 saturated carbocycles. The summed E-state index contributed by atoms with van der Waals surface area (Å²) in [5, 5.41) is 14.2. The molecule has 1 atom stereocenters. The molecule has 0 aromatic rings. The molecule has 2 aliphatic rings. The van der Waals surface area contributed by atoms with Crippen LogP contribution in [0.4, 0.5) is 4.79 Å². The van der Waals surface area contributed by atoms with Gasteiger partial charge in [-0.1, -0.05) is 0 Å². The summed E-state index contributed by atoms with van der Waals surface area (Å²) in [6.45, 7) is 0. The quantitative estimate of drug-likeness (QED) is 0.648. The van der Waals surface area contributed by atoms with E-state index in [1.54, 1.807) is 7.11 Å². The molecule has 6 heteroatoms. The Kier molecular flexibility index (Phi) is 3.51. The molecule has 0 radical (unpaired) electrons. The molecular weight excluding hydrogens is 224 g/mol. The van der Waals surface area contributed by atoms with Gasteiger partial charge in [-0.25, -0.2) is 9.59 Å². The van der Waals surface area contributed by atoms with E-state index in [0.717, 1.165) is 25.7 Å². The van der Waals surface area contributed by atoms with E-state index in [1.165, 1.54) is 0 Å². The second kappa shape index (κ2) is 4.91. The Morgan fingerprint density at radius 3 is 2.47 bits per heavy atom. The van der Waals surface area contributed by atoms with Crippen molar-refractivity contribution in [3.05, 3.63) is 0 Å². The third-order valence-electron chi connectivity index (χ3n) is 3.41.